The Hall–Kier alpha value is -0.910. The van der Waals surface area contributed by atoms with Crippen LogP contribution in [0.4, 0.5) is 0 Å². The highest BCUT2D eigenvalue weighted by Crippen LogP contribution is 2.19. The van der Waals surface area contributed by atoms with Crippen LogP contribution in [0.2, 0.25) is 0 Å². The molecule has 0 aliphatic carbocycles. The van der Waals surface area contributed by atoms with Gasteiger partial charge in [-0.1, -0.05) is 0 Å². The molecule has 0 radical (unpaired) electrons. The van der Waals surface area contributed by atoms with Crippen LogP contribution in [0.1, 0.15) is 5.56 Å². The Morgan fingerprint density at radius 3 is 3.12 bits per heavy atom. The summed E-state index contributed by atoms with van der Waals surface area (Å²) in [7, 11) is 0. The number of nitrogens with zero attached hydrogens (tertiary/aromatic N) is 2. The SMILES string of the molecule is Cc1csc2c(=O)n(CCOCCCl)cnc12. The van der Waals surface area contributed by atoms with Crippen LogP contribution in [0.15, 0.2) is 16.5 Å². The molecule has 2 aromatic rings. The lowest BCUT2D eigenvalue weighted by Gasteiger charge is -2.05. The molecular weight excluding hydrogens is 260 g/mol. The molecule has 2 heterocycles. The van der Waals surface area contributed by atoms with Crippen molar-refractivity contribution >= 4 is 33.2 Å². The molecule has 0 bridgehead atoms. The van der Waals surface area contributed by atoms with Crippen molar-refractivity contribution in [3.63, 3.8) is 0 Å². The van der Waals surface area contributed by atoms with E-state index in [0.717, 1.165) is 11.1 Å². The highest BCUT2D eigenvalue weighted by Gasteiger charge is 2.07. The lowest BCUT2D eigenvalue weighted by molar-refractivity contribution is 0.140. The minimum atomic E-state index is 0.00238. The first-order valence-electron chi connectivity index (χ1n) is 5.31. The van der Waals surface area contributed by atoms with Crippen molar-refractivity contribution < 1.29 is 4.74 Å². The number of ether oxygens (including phenoxy) is 1. The summed E-state index contributed by atoms with van der Waals surface area (Å²) in [5.41, 5.74) is 1.85. The second-order valence-electron chi connectivity index (χ2n) is 3.64. The molecule has 0 saturated carbocycles. The van der Waals surface area contributed by atoms with Crippen molar-refractivity contribution in [1.82, 2.24) is 9.55 Å². The van der Waals surface area contributed by atoms with E-state index >= 15 is 0 Å². The molecule has 0 aliphatic heterocycles. The number of halogens is 1. The Kier molecular flexibility index (Phi) is 4.15. The Morgan fingerprint density at radius 2 is 2.35 bits per heavy atom. The third-order valence-electron chi connectivity index (χ3n) is 2.42. The molecular formula is C11H13ClN2O2S. The first kappa shape index (κ1) is 12.5. The van der Waals surface area contributed by atoms with Gasteiger partial charge >= 0.3 is 0 Å². The van der Waals surface area contributed by atoms with Crippen LogP contribution in [-0.4, -0.2) is 28.6 Å². The highest BCUT2D eigenvalue weighted by atomic mass is 35.5. The molecule has 2 rings (SSSR count). The first-order chi connectivity index (χ1) is 8.24. The molecule has 0 aromatic carbocycles. The topological polar surface area (TPSA) is 44.1 Å². The summed E-state index contributed by atoms with van der Waals surface area (Å²) in [4.78, 5) is 16.3. The van der Waals surface area contributed by atoms with Crippen LogP contribution in [0, 0.1) is 6.92 Å². The Morgan fingerprint density at radius 1 is 1.53 bits per heavy atom. The second kappa shape index (κ2) is 5.62. The Labute approximate surface area is 108 Å². The van der Waals surface area contributed by atoms with Gasteiger partial charge in [0, 0.05) is 5.88 Å². The molecule has 0 aliphatic rings. The van der Waals surface area contributed by atoms with Gasteiger partial charge in [0.25, 0.3) is 5.56 Å². The van der Waals surface area contributed by atoms with E-state index in [0.29, 0.717) is 30.3 Å². The van der Waals surface area contributed by atoms with Crippen molar-refractivity contribution in [2.24, 2.45) is 0 Å². The van der Waals surface area contributed by atoms with Crippen LogP contribution in [0.5, 0.6) is 0 Å². The molecule has 0 amide bonds. The van der Waals surface area contributed by atoms with Gasteiger partial charge in [0.05, 0.1) is 31.6 Å². The number of thiophene rings is 1. The largest absolute Gasteiger partial charge is 0.378 e. The zero-order chi connectivity index (χ0) is 12.3. The molecule has 2 aromatic heterocycles. The van der Waals surface area contributed by atoms with Crippen molar-refractivity contribution in [2.45, 2.75) is 13.5 Å². The predicted molar refractivity (Wildman–Crippen MR) is 70.2 cm³/mol. The molecule has 17 heavy (non-hydrogen) atoms. The zero-order valence-corrected chi connectivity index (χ0v) is 11.1. The lowest BCUT2D eigenvalue weighted by atomic mass is 10.3. The van der Waals surface area contributed by atoms with E-state index in [1.165, 1.54) is 11.3 Å². The van der Waals surface area contributed by atoms with E-state index in [9.17, 15) is 4.79 Å². The van der Waals surface area contributed by atoms with Crippen LogP contribution in [0.3, 0.4) is 0 Å². The molecule has 0 fully saturated rings. The molecule has 6 heteroatoms. The number of fused-ring (bicyclic) bond motifs is 1. The van der Waals surface area contributed by atoms with E-state index in [2.05, 4.69) is 4.98 Å². The standard InChI is InChI=1S/C11H13ClN2O2S/c1-8-6-17-10-9(8)13-7-14(11(10)15)3-5-16-4-2-12/h6-7H,2-5H2,1H3. The van der Waals surface area contributed by atoms with Gasteiger partial charge < -0.3 is 4.74 Å². The van der Waals surface area contributed by atoms with Crippen molar-refractivity contribution in [3.8, 4) is 0 Å². The molecule has 92 valence electrons. The summed E-state index contributed by atoms with van der Waals surface area (Å²) < 4.78 is 7.53. The summed E-state index contributed by atoms with van der Waals surface area (Å²) in [6.45, 7) is 3.45. The van der Waals surface area contributed by atoms with E-state index in [4.69, 9.17) is 16.3 Å². The second-order valence-corrected chi connectivity index (χ2v) is 4.90. The van der Waals surface area contributed by atoms with Gasteiger partial charge in [-0.2, -0.15) is 0 Å². The number of alkyl halides is 1. The molecule has 0 atom stereocenters. The van der Waals surface area contributed by atoms with Crippen LogP contribution in [0.25, 0.3) is 10.2 Å². The molecule has 0 spiro atoms. The summed E-state index contributed by atoms with van der Waals surface area (Å²) in [6.07, 6.45) is 1.58. The minimum absolute atomic E-state index is 0.00238. The summed E-state index contributed by atoms with van der Waals surface area (Å²) in [5, 5.41) is 1.95. The van der Waals surface area contributed by atoms with Gasteiger partial charge in [-0.05, 0) is 17.9 Å². The minimum Gasteiger partial charge on any atom is -0.378 e. The molecule has 0 unspecified atom stereocenters. The maximum Gasteiger partial charge on any atom is 0.271 e. The smallest absolute Gasteiger partial charge is 0.271 e. The predicted octanol–water partition coefficient (Wildman–Crippen LogP) is 2.02. The van der Waals surface area contributed by atoms with Crippen LogP contribution < -0.4 is 5.56 Å². The third-order valence-corrected chi connectivity index (χ3v) is 3.65. The first-order valence-corrected chi connectivity index (χ1v) is 6.72. The van der Waals surface area contributed by atoms with E-state index in [1.807, 2.05) is 12.3 Å². The number of rotatable bonds is 5. The van der Waals surface area contributed by atoms with Gasteiger partial charge in [-0.3, -0.25) is 9.36 Å². The van der Waals surface area contributed by atoms with Gasteiger partial charge in [-0.25, -0.2) is 4.98 Å². The molecule has 4 nitrogen and oxygen atoms in total. The van der Waals surface area contributed by atoms with Gasteiger partial charge in [0.1, 0.15) is 4.70 Å². The van der Waals surface area contributed by atoms with Crippen molar-refractivity contribution in [2.75, 3.05) is 19.1 Å². The fourth-order valence-corrected chi connectivity index (χ4v) is 2.60. The lowest BCUT2D eigenvalue weighted by Crippen LogP contribution is -2.22. The normalized spacial score (nSPS) is 11.2. The Bertz CT molecular complexity index is 564. The van der Waals surface area contributed by atoms with Crippen molar-refractivity contribution in [1.29, 1.82) is 0 Å². The summed E-state index contributed by atoms with van der Waals surface area (Å²) in [5.74, 6) is 0.469. The average molecular weight is 273 g/mol. The molecule has 0 saturated heterocycles. The maximum atomic E-state index is 12.1. The van der Waals surface area contributed by atoms with E-state index < -0.39 is 0 Å². The Balaban J connectivity index is 2.18. The van der Waals surface area contributed by atoms with Crippen molar-refractivity contribution in [3.05, 3.63) is 27.6 Å². The van der Waals surface area contributed by atoms with E-state index in [-0.39, 0.29) is 5.56 Å². The fourth-order valence-electron chi connectivity index (χ4n) is 1.54. The average Bonchev–Trinajstić information content (AvgIpc) is 2.70. The number of aromatic nitrogens is 2. The highest BCUT2D eigenvalue weighted by molar-refractivity contribution is 7.17. The van der Waals surface area contributed by atoms with Crippen LogP contribution >= 0.6 is 22.9 Å². The third kappa shape index (κ3) is 2.68. The number of aryl methyl sites for hydroxylation is 1. The maximum absolute atomic E-state index is 12.1. The van der Waals surface area contributed by atoms with E-state index in [1.54, 1.807) is 10.9 Å². The number of hydrogen-bond acceptors (Lipinski definition) is 4. The van der Waals surface area contributed by atoms with Gasteiger partial charge in [0.2, 0.25) is 0 Å². The summed E-state index contributed by atoms with van der Waals surface area (Å²) >= 11 is 6.93. The van der Waals surface area contributed by atoms with Gasteiger partial charge in [0.15, 0.2) is 0 Å². The monoisotopic (exact) mass is 272 g/mol. The summed E-state index contributed by atoms with van der Waals surface area (Å²) in [6, 6.07) is 0. The fraction of sp³-hybridized carbons (Fsp3) is 0.455. The van der Waals surface area contributed by atoms with Crippen LogP contribution in [-0.2, 0) is 11.3 Å². The number of hydrogen-bond donors (Lipinski definition) is 0. The van der Waals surface area contributed by atoms with Gasteiger partial charge in [-0.15, -0.1) is 22.9 Å². The zero-order valence-electron chi connectivity index (χ0n) is 9.48. The quantitative estimate of drug-likeness (QED) is 0.618. The molecule has 0 N–H and O–H groups in total.